The van der Waals surface area contributed by atoms with Crippen LogP contribution in [-0.2, 0) is 28.3 Å². The molecule has 31 heavy (non-hydrogen) atoms. The van der Waals surface area contributed by atoms with Gasteiger partial charge in [0, 0.05) is 29.7 Å². The summed E-state index contributed by atoms with van der Waals surface area (Å²) in [7, 11) is 0. The van der Waals surface area contributed by atoms with E-state index in [1.165, 1.54) is 114 Å². The van der Waals surface area contributed by atoms with Gasteiger partial charge in [0.1, 0.15) is 0 Å². The van der Waals surface area contributed by atoms with Crippen LogP contribution in [0, 0.1) is 0 Å². The van der Waals surface area contributed by atoms with Crippen LogP contribution in [0.3, 0.4) is 0 Å². The maximum Gasteiger partial charge on any atom is 0.185 e. The smallest absolute Gasteiger partial charge is 0.185 e. The van der Waals surface area contributed by atoms with E-state index in [0.29, 0.717) is 0 Å². The number of thioether (sulfide) groups is 1. The monoisotopic (exact) mass is 484 g/mol. The topological polar surface area (TPSA) is 17.1 Å². The van der Waals surface area contributed by atoms with Gasteiger partial charge in [0.2, 0.25) is 0 Å². The minimum absolute atomic E-state index is 0. The van der Waals surface area contributed by atoms with Crippen LogP contribution >= 0.6 is 11.8 Å². The third-order valence-corrected chi connectivity index (χ3v) is 6.35. The van der Waals surface area contributed by atoms with Crippen molar-refractivity contribution in [3.63, 3.8) is 0 Å². The normalized spacial score (nSPS) is 10.2. The first kappa shape index (κ1) is 30.2. The first-order valence-electron chi connectivity index (χ1n) is 12.3. The second-order valence-corrected chi connectivity index (χ2v) is 9.57. The van der Waals surface area contributed by atoms with Gasteiger partial charge in [-0.3, -0.25) is 4.79 Å². The van der Waals surface area contributed by atoms with Crippen molar-refractivity contribution in [3.8, 4) is 0 Å². The number of aryl methyl sites for hydroxylation is 1. The van der Waals surface area contributed by atoms with Gasteiger partial charge in [0.15, 0.2) is 5.12 Å². The van der Waals surface area contributed by atoms with Crippen LogP contribution in [0.4, 0.5) is 0 Å². The molecule has 3 heteroatoms. The Balaban J connectivity index is 0.00000131. The zero-order valence-corrected chi connectivity index (χ0v) is 21.6. The second-order valence-electron chi connectivity index (χ2n) is 8.30. The van der Waals surface area contributed by atoms with Crippen LogP contribution < -0.4 is 0 Å². The van der Waals surface area contributed by atoms with Crippen LogP contribution in [0.15, 0.2) is 54.6 Å². The summed E-state index contributed by atoms with van der Waals surface area (Å²) in [6.07, 6.45) is 20.7. The predicted molar refractivity (Wildman–Crippen MR) is 136 cm³/mol. The van der Waals surface area contributed by atoms with E-state index < -0.39 is 0 Å². The molecule has 2 aromatic carbocycles. The molecule has 0 unspecified atom stereocenters. The van der Waals surface area contributed by atoms with E-state index in [2.05, 4.69) is 24.3 Å². The Morgan fingerprint density at radius 3 is 1.39 bits per heavy atom. The van der Waals surface area contributed by atoms with Crippen LogP contribution in [0.25, 0.3) is 0 Å². The molecule has 0 amide bonds. The molecule has 0 radical (unpaired) electrons. The van der Waals surface area contributed by atoms with Gasteiger partial charge in [-0.05, 0) is 6.42 Å². The van der Waals surface area contributed by atoms with Gasteiger partial charge < -0.3 is 30.3 Å². The summed E-state index contributed by atoms with van der Waals surface area (Å²) < 4.78 is 0. The number of carbonyl (C=O) groups is 1. The Kier molecular flexibility index (Phi) is 23.3. The van der Waals surface area contributed by atoms with Gasteiger partial charge in [0.25, 0.3) is 0 Å². The summed E-state index contributed by atoms with van der Waals surface area (Å²) in [5.74, 6) is 1.02. The fourth-order valence-corrected chi connectivity index (χ4v) is 4.31. The fraction of sp³-hybridized carbons (Fsp3) is 0.607. The minimum atomic E-state index is 0. The van der Waals surface area contributed by atoms with E-state index in [1.807, 2.05) is 30.3 Å². The van der Waals surface area contributed by atoms with Crippen LogP contribution in [0.2, 0.25) is 0 Å². The van der Waals surface area contributed by atoms with Gasteiger partial charge in [-0.25, -0.2) is 12.1 Å². The number of carbonyl (C=O) groups excluding carboxylic acids is 1. The van der Waals surface area contributed by atoms with Gasteiger partial charge >= 0.3 is 0 Å². The number of hydrogen-bond donors (Lipinski definition) is 0. The molecule has 182 valence electrons. The van der Waals surface area contributed by atoms with E-state index in [9.17, 15) is 4.79 Å². The van der Waals surface area contributed by atoms with E-state index in [-0.39, 0.29) is 22.2 Å². The molecule has 2 rings (SSSR count). The van der Waals surface area contributed by atoms with E-state index in [0.717, 1.165) is 5.75 Å². The van der Waals surface area contributed by atoms with Gasteiger partial charge in [-0.15, -0.1) is 0 Å². The minimum Gasteiger partial charge on any atom is -0.748 e. The first-order valence-corrected chi connectivity index (χ1v) is 13.3. The Hall–Kier alpha value is -0.761. The van der Waals surface area contributed by atoms with Gasteiger partial charge in [-0.2, -0.15) is 17.7 Å². The van der Waals surface area contributed by atoms with Crippen molar-refractivity contribution < 1.29 is 21.9 Å². The third-order valence-electron chi connectivity index (χ3n) is 5.45. The third kappa shape index (κ3) is 22.2. The van der Waals surface area contributed by atoms with Crippen molar-refractivity contribution in [2.75, 3.05) is 5.75 Å². The summed E-state index contributed by atoms with van der Waals surface area (Å²) >= 11 is 1.48. The summed E-state index contributed by atoms with van der Waals surface area (Å²) in [5, 5.41) is 0.262. The molecular formula is C28H44FeOS-6. The molecule has 0 aliphatic carbocycles. The average molecular weight is 485 g/mol. The largest absolute Gasteiger partial charge is 0.748 e. The van der Waals surface area contributed by atoms with Crippen molar-refractivity contribution in [1.29, 1.82) is 0 Å². The Morgan fingerprint density at radius 1 is 0.645 bits per heavy atom. The Labute approximate surface area is 207 Å². The van der Waals surface area contributed by atoms with Crippen molar-refractivity contribution in [2.24, 2.45) is 0 Å². The molecule has 0 N–H and O–H groups in total. The maximum absolute atomic E-state index is 10.8. The molecule has 0 saturated heterocycles. The molecule has 0 heterocycles. The summed E-state index contributed by atoms with van der Waals surface area (Å²) in [5.41, 5.74) is 1.51. The van der Waals surface area contributed by atoms with E-state index in [1.54, 1.807) is 6.92 Å². The molecule has 0 bridgehead atoms. The van der Waals surface area contributed by atoms with Crippen LogP contribution in [-0.4, -0.2) is 10.9 Å². The molecule has 0 aliphatic heterocycles. The molecule has 0 atom stereocenters. The maximum atomic E-state index is 10.8. The van der Waals surface area contributed by atoms with Crippen molar-refractivity contribution in [3.05, 3.63) is 60.2 Å². The molecule has 0 fully saturated rings. The summed E-state index contributed by atoms with van der Waals surface area (Å²) in [4.78, 5) is 10.8. The number of unbranched alkanes of at least 4 members (excludes halogenated alkanes) is 13. The van der Waals surface area contributed by atoms with Gasteiger partial charge in [-0.1, -0.05) is 102 Å². The second kappa shape index (κ2) is 23.9. The van der Waals surface area contributed by atoms with E-state index in [4.69, 9.17) is 0 Å². The zero-order valence-electron chi connectivity index (χ0n) is 19.7. The zero-order chi connectivity index (χ0) is 21.5. The molecular weight excluding hydrogens is 440 g/mol. The van der Waals surface area contributed by atoms with Crippen molar-refractivity contribution >= 4 is 16.9 Å². The molecule has 1 nitrogen and oxygen atoms in total. The molecule has 0 saturated carbocycles. The van der Waals surface area contributed by atoms with Gasteiger partial charge in [0.05, 0.1) is 0 Å². The average Bonchev–Trinajstić information content (AvgIpc) is 3.47. The first-order chi connectivity index (χ1) is 14.8. The quantitative estimate of drug-likeness (QED) is 0.127. The van der Waals surface area contributed by atoms with Crippen molar-refractivity contribution in [2.45, 2.75) is 103 Å². The Morgan fingerprint density at radius 2 is 1.00 bits per heavy atom. The van der Waals surface area contributed by atoms with Crippen LogP contribution in [0.5, 0.6) is 0 Å². The number of hydrogen-bond acceptors (Lipinski definition) is 2. The van der Waals surface area contributed by atoms with Crippen LogP contribution in [0.1, 0.15) is 102 Å². The standard InChI is InChI=1S/C23H39OS.C5H5.Fe/c1-22(24)25-21-17-13-11-9-7-5-3-2-4-6-8-10-12-14-18-23-19-15-16-20-23;1-2-4-5-3-1;/h15-16,19-20H,2-14,17-18,21H2,1H3;1-5H;/q-1;-5;. The molecule has 2 aromatic rings. The van der Waals surface area contributed by atoms with Crippen molar-refractivity contribution in [1.82, 2.24) is 0 Å². The fourth-order valence-electron chi connectivity index (χ4n) is 3.67. The predicted octanol–water partition coefficient (Wildman–Crippen LogP) is 9.09. The number of rotatable bonds is 17. The molecule has 0 aliphatic rings. The SMILES string of the molecule is CC(=O)SCCCCCCCCCCCCCCCC[c-]1cccc1.[Fe].[cH-]1[cH-][cH-][cH-][cH-]1. The summed E-state index contributed by atoms with van der Waals surface area (Å²) in [6, 6.07) is 18.8. The summed E-state index contributed by atoms with van der Waals surface area (Å²) in [6.45, 7) is 1.66. The molecule has 0 spiro atoms. The Bertz CT molecular complexity index is 545. The molecule has 0 aromatic heterocycles. The van der Waals surface area contributed by atoms with E-state index >= 15 is 0 Å².